The number of ketones is 1. The van der Waals surface area contributed by atoms with Crippen molar-refractivity contribution in [3.05, 3.63) is 107 Å². The van der Waals surface area contributed by atoms with Crippen LogP contribution in [-0.2, 0) is 16.2 Å². The standard InChI is InChI=1S/C35H28N2O8S/c1-41-23-10-11-24-29(18-23)46-35(36-24)37-31(21-8-12-25(27(16-21)42-2)45-19-20-6-4-3-5-7-20)30(33(39)34(37)40)32(38)22-9-13-26-28(17-22)44-15-14-43-26/h3-13,16-18,31,38H,14-15,19H2,1-2H3/b32-30-. The lowest BCUT2D eigenvalue weighted by molar-refractivity contribution is -0.132. The first-order chi connectivity index (χ1) is 22.4. The average Bonchev–Trinajstić information content (AvgIpc) is 3.64. The number of rotatable bonds is 8. The van der Waals surface area contributed by atoms with E-state index in [4.69, 9.17) is 28.7 Å². The van der Waals surface area contributed by atoms with Gasteiger partial charge in [-0.2, -0.15) is 0 Å². The molecule has 2 aliphatic rings. The minimum absolute atomic E-state index is 0.0986. The molecule has 232 valence electrons. The van der Waals surface area contributed by atoms with Crippen molar-refractivity contribution in [1.82, 2.24) is 4.98 Å². The van der Waals surface area contributed by atoms with Crippen molar-refractivity contribution in [2.45, 2.75) is 12.6 Å². The van der Waals surface area contributed by atoms with Crippen molar-refractivity contribution in [2.75, 3.05) is 32.3 Å². The Morgan fingerprint density at radius 2 is 1.72 bits per heavy atom. The molecule has 1 amide bonds. The van der Waals surface area contributed by atoms with Crippen molar-refractivity contribution in [3.8, 4) is 28.7 Å². The number of carbonyl (C=O) groups excluding carboxylic acids is 2. The van der Waals surface area contributed by atoms with Crippen LogP contribution in [0.4, 0.5) is 5.13 Å². The van der Waals surface area contributed by atoms with Crippen LogP contribution >= 0.6 is 11.3 Å². The van der Waals surface area contributed by atoms with Crippen LogP contribution in [0, 0.1) is 0 Å². The monoisotopic (exact) mass is 636 g/mol. The number of aromatic nitrogens is 1. The highest BCUT2D eigenvalue weighted by atomic mass is 32.1. The normalized spacial score (nSPS) is 16.9. The maximum atomic E-state index is 13.8. The van der Waals surface area contributed by atoms with Gasteiger partial charge in [0.1, 0.15) is 31.3 Å². The number of aliphatic hydroxyl groups is 1. The Kier molecular flexibility index (Phi) is 7.67. The van der Waals surface area contributed by atoms with E-state index in [1.807, 2.05) is 36.4 Å². The molecule has 7 rings (SSSR count). The van der Waals surface area contributed by atoms with Crippen molar-refractivity contribution in [1.29, 1.82) is 0 Å². The predicted octanol–water partition coefficient (Wildman–Crippen LogP) is 6.29. The number of anilines is 1. The summed E-state index contributed by atoms with van der Waals surface area (Å²) in [5.41, 5.74) is 2.33. The highest BCUT2D eigenvalue weighted by Gasteiger charge is 2.48. The first-order valence-electron chi connectivity index (χ1n) is 14.5. The van der Waals surface area contributed by atoms with Gasteiger partial charge in [0.2, 0.25) is 0 Å². The van der Waals surface area contributed by atoms with E-state index in [1.165, 1.54) is 23.3 Å². The number of aliphatic hydroxyl groups excluding tert-OH is 1. The Morgan fingerprint density at radius 3 is 2.50 bits per heavy atom. The molecule has 1 aromatic heterocycles. The predicted molar refractivity (Wildman–Crippen MR) is 172 cm³/mol. The first-order valence-corrected chi connectivity index (χ1v) is 15.3. The van der Waals surface area contributed by atoms with Gasteiger partial charge in [-0.15, -0.1) is 0 Å². The quantitative estimate of drug-likeness (QED) is 0.119. The second-order valence-corrected chi connectivity index (χ2v) is 11.6. The van der Waals surface area contributed by atoms with Gasteiger partial charge in [0.15, 0.2) is 28.1 Å². The van der Waals surface area contributed by atoms with Crippen molar-refractivity contribution >= 4 is 44.1 Å². The van der Waals surface area contributed by atoms with E-state index in [9.17, 15) is 14.7 Å². The fraction of sp³-hybridized carbons (Fsp3) is 0.171. The molecule has 1 N–H and O–H groups in total. The van der Waals surface area contributed by atoms with Crippen LogP contribution in [-0.4, -0.2) is 49.2 Å². The summed E-state index contributed by atoms with van der Waals surface area (Å²) in [4.78, 5) is 33.6. The molecule has 0 radical (unpaired) electrons. The largest absolute Gasteiger partial charge is 0.507 e. The van der Waals surface area contributed by atoms with Gasteiger partial charge in [-0.3, -0.25) is 14.5 Å². The third-order valence-corrected chi connectivity index (χ3v) is 8.81. The SMILES string of the molecule is COc1ccc2nc(N3C(=O)C(=O)/C(=C(\O)c4ccc5c(c4)OCCO5)C3c3ccc(OCc4ccccc4)c(OC)c3)sc2c1. The summed E-state index contributed by atoms with van der Waals surface area (Å²) in [5.74, 6) is 0.447. The minimum atomic E-state index is -1.03. The van der Waals surface area contributed by atoms with Gasteiger partial charge in [0.05, 0.1) is 36.1 Å². The van der Waals surface area contributed by atoms with Gasteiger partial charge >= 0.3 is 5.91 Å². The zero-order valence-corrected chi connectivity index (χ0v) is 25.7. The molecule has 5 aromatic rings. The van der Waals surface area contributed by atoms with Crippen LogP contribution in [0.5, 0.6) is 28.7 Å². The lowest BCUT2D eigenvalue weighted by atomic mass is 9.95. The van der Waals surface area contributed by atoms with Crippen molar-refractivity contribution in [3.63, 3.8) is 0 Å². The van der Waals surface area contributed by atoms with E-state index in [1.54, 1.807) is 55.6 Å². The number of Topliss-reactive ketones (excluding diaryl/α,β-unsaturated/α-hetero) is 1. The summed E-state index contributed by atoms with van der Waals surface area (Å²) in [6.45, 7) is 1.07. The summed E-state index contributed by atoms with van der Waals surface area (Å²) in [6.07, 6.45) is 0. The average molecular weight is 637 g/mol. The van der Waals surface area contributed by atoms with Gasteiger partial charge in [-0.05, 0) is 59.7 Å². The second kappa shape index (κ2) is 12.1. The molecule has 0 spiro atoms. The summed E-state index contributed by atoms with van der Waals surface area (Å²) in [6, 6.07) is 24.1. The minimum Gasteiger partial charge on any atom is -0.507 e. The van der Waals surface area contributed by atoms with E-state index in [-0.39, 0.29) is 11.3 Å². The topological polar surface area (TPSA) is 117 Å². The van der Waals surface area contributed by atoms with Crippen LogP contribution in [0.15, 0.2) is 90.5 Å². The number of hydrogen-bond acceptors (Lipinski definition) is 10. The molecule has 0 aliphatic carbocycles. The van der Waals surface area contributed by atoms with Gasteiger partial charge in [0, 0.05) is 5.56 Å². The molecule has 3 heterocycles. The Bertz CT molecular complexity index is 2010. The lowest BCUT2D eigenvalue weighted by Gasteiger charge is -2.24. The smallest absolute Gasteiger partial charge is 0.301 e. The van der Waals surface area contributed by atoms with Gasteiger partial charge in [-0.1, -0.05) is 47.7 Å². The van der Waals surface area contributed by atoms with Crippen LogP contribution in [0.2, 0.25) is 0 Å². The summed E-state index contributed by atoms with van der Waals surface area (Å²) in [7, 11) is 3.09. The number of carbonyl (C=O) groups is 2. The molecule has 1 unspecified atom stereocenters. The number of methoxy groups -OCH3 is 2. The Morgan fingerprint density at radius 1 is 0.913 bits per heavy atom. The van der Waals surface area contributed by atoms with E-state index in [0.717, 1.165) is 10.3 Å². The molecule has 1 fully saturated rings. The molecular formula is C35H28N2O8S. The van der Waals surface area contributed by atoms with Crippen molar-refractivity contribution in [2.24, 2.45) is 0 Å². The zero-order valence-electron chi connectivity index (χ0n) is 24.9. The highest BCUT2D eigenvalue weighted by molar-refractivity contribution is 7.22. The molecule has 2 aliphatic heterocycles. The maximum absolute atomic E-state index is 13.8. The van der Waals surface area contributed by atoms with Crippen LogP contribution in [0.1, 0.15) is 22.7 Å². The number of fused-ring (bicyclic) bond motifs is 2. The molecule has 0 saturated carbocycles. The molecule has 0 bridgehead atoms. The third kappa shape index (κ3) is 5.24. The molecule has 10 nitrogen and oxygen atoms in total. The fourth-order valence-corrected chi connectivity index (χ4v) is 6.54. The number of amides is 1. The van der Waals surface area contributed by atoms with Crippen LogP contribution < -0.4 is 28.6 Å². The lowest BCUT2D eigenvalue weighted by Crippen LogP contribution is -2.29. The van der Waals surface area contributed by atoms with Gasteiger partial charge in [-0.25, -0.2) is 4.98 Å². The molecule has 46 heavy (non-hydrogen) atoms. The molecule has 1 atom stereocenters. The van der Waals surface area contributed by atoms with E-state index in [2.05, 4.69) is 0 Å². The van der Waals surface area contributed by atoms with E-state index in [0.29, 0.717) is 70.3 Å². The number of hydrogen-bond donors (Lipinski definition) is 1. The fourth-order valence-electron chi connectivity index (χ4n) is 5.52. The Hall–Kier alpha value is -5.55. The summed E-state index contributed by atoms with van der Waals surface area (Å²) in [5, 5.41) is 12.0. The van der Waals surface area contributed by atoms with E-state index < -0.39 is 17.7 Å². The van der Waals surface area contributed by atoms with Crippen LogP contribution in [0.25, 0.3) is 16.0 Å². The Labute approximate surface area is 268 Å². The molecule has 4 aromatic carbocycles. The summed E-state index contributed by atoms with van der Waals surface area (Å²) < 4.78 is 29.2. The van der Waals surface area contributed by atoms with E-state index >= 15 is 0 Å². The molecule has 1 saturated heterocycles. The first kappa shape index (κ1) is 29.2. The zero-order chi connectivity index (χ0) is 31.8. The highest BCUT2D eigenvalue weighted by Crippen LogP contribution is 2.46. The maximum Gasteiger partial charge on any atom is 0.301 e. The van der Waals surface area contributed by atoms with Crippen LogP contribution in [0.3, 0.4) is 0 Å². The summed E-state index contributed by atoms with van der Waals surface area (Å²) >= 11 is 1.24. The third-order valence-electron chi connectivity index (χ3n) is 7.79. The number of thiazole rings is 1. The molecular weight excluding hydrogens is 608 g/mol. The molecule has 11 heteroatoms. The van der Waals surface area contributed by atoms with Gasteiger partial charge in [0.25, 0.3) is 5.78 Å². The van der Waals surface area contributed by atoms with Crippen molar-refractivity contribution < 1.29 is 38.4 Å². The Balaban J connectivity index is 1.35. The number of benzene rings is 4. The van der Waals surface area contributed by atoms with Gasteiger partial charge < -0.3 is 28.8 Å². The number of ether oxygens (including phenoxy) is 5. The second-order valence-electron chi connectivity index (χ2n) is 10.5. The number of nitrogens with zero attached hydrogens (tertiary/aromatic N) is 2.